The van der Waals surface area contributed by atoms with Crippen LogP contribution in [0.2, 0.25) is 0 Å². The highest BCUT2D eigenvalue weighted by Gasteiger charge is 2.07. The third kappa shape index (κ3) is 3.06. The second-order valence-corrected chi connectivity index (χ2v) is 4.34. The normalized spacial score (nSPS) is 11.4. The number of hydrogen-bond acceptors (Lipinski definition) is 3. The average Bonchev–Trinajstić information content (AvgIpc) is 2.48. The fourth-order valence-electron chi connectivity index (χ4n) is 1.77. The van der Waals surface area contributed by atoms with E-state index in [1.165, 1.54) is 6.07 Å². The van der Waals surface area contributed by atoms with Crippen molar-refractivity contribution in [2.75, 3.05) is 0 Å². The predicted octanol–water partition coefficient (Wildman–Crippen LogP) is 2.81. The minimum atomic E-state index is -0.313. The Morgan fingerprint density at radius 2 is 2.05 bits per heavy atom. The molecule has 0 bridgehead atoms. The third-order valence-electron chi connectivity index (χ3n) is 2.94. The average molecular weight is 274 g/mol. The molecule has 20 heavy (non-hydrogen) atoms. The van der Waals surface area contributed by atoms with E-state index < -0.39 is 0 Å². The van der Waals surface area contributed by atoms with E-state index in [0.29, 0.717) is 16.9 Å². The minimum absolute atomic E-state index is 0.0132. The van der Waals surface area contributed by atoms with Gasteiger partial charge in [-0.25, -0.2) is 4.39 Å². The smallest absolute Gasteiger partial charge is 0.170 e. The van der Waals surface area contributed by atoms with Crippen LogP contribution in [0.15, 0.2) is 47.6 Å². The molecule has 0 saturated heterocycles. The molecule has 0 spiro atoms. The highest BCUT2D eigenvalue weighted by Crippen LogP contribution is 2.18. The summed E-state index contributed by atoms with van der Waals surface area (Å²) in [4.78, 5) is 0. The molecule has 0 aliphatic carbocycles. The number of benzene rings is 2. The van der Waals surface area contributed by atoms with Gasteiger partial charge in [-0.05, 0) is 18.6 Å². The second kappa shape index (κ2) is 6.06. The van der Waals surface area contributed by atoms with Crippen molar-refractivity contribution >= 4 is 5.84 Å². The molecule has 3 N–H and O–H groups in total. The Balaban J connectivity index is 2.17. The van der Waals surface area contributed by atoms with Crippen LogP contribution in [0.4, 0.5) is 4.39 Å². The van der Waals surface area contributed by atoms with E-state index in [2.05, 4.69) is 5.16 Å². The van der Waals surface area contributed by atoms with Gasteiger partial charge in [-0.3, -0.25) is 0 Å². The van der Waals surface area contributed by atoms with Crippen molar-refractivity contribution < 1.29 is 14.3 Å². The standard InChI is InChI=1S/C15H15FN2O2/c1-10-6-7-12(8-14(10)16)20-9-11-4-2-3-5-13(11)15(17)18-19/h2-8,19H,9H2,1H3,(H2,17,18). The highest BCUT2D eigenvalue weighted by molar-refractivity contribution is 5.98. The number of oxime groups is 1. The topological polar surface area (TPSA) is 67.8 Å². The second-order valence-electron chi connectivity index (χ2n) is 4.34. The van der Waals surface area contributed by atoms with Gasteiger partial charge in [-0.2, -0.15) is 0 Å². The molecule has 0 saturated carbocycles. The van der Waals surface area contributed by atoms with Gasteiger partial charge < -0.3 is 15.7 Å². The summed E-state index contributed by atoms with van der Waals surface area (Å²) in [5.41, 5.74) is 7.50. The first kappa shape index (κ1) is 13.9. The van der Waals surface area contributed by atoms with E-state index in [0.717, 1.165) is 5.56 Å². The van der Waals surface area contributed by atoms with E-state index >= 15 is 0 Å². The molecule has 0 atom stereocenters. The Labute approximate surface area is 116 Å². The summed E-state index contributed by atoms with van der Waals surface area (Å²) < 4.78 is 18.9. The molecular weight excluding hydrogens is 259 g/mol. The summed E-state index contributed by atoms with van der Waals surface area (Å²) in [5.74, 6) is 0.133. The fraction of sp³-hybridized carbons (Fsp3) is 0.133. The summed E-state index contributed by atoms with van der Waals surface area (Å²) in [7, 11) is 0. The number of aryl methyl sites for hydroxylation is 1. The lowest BCUT2D eigenvalue weighted by Gasteiger charge is -2.10. The van der Waals surface area contributed by atoms with Crippen LogP contribution in [-0.4, -0.2) is 11.0 Å². The highest BCUT2D eigenvalue weighted by atomic mass is 19.1. The van der Waals surface area contributed by atoms with Crippen molar-refractivity contribution in [3.8, 4) is 5.75 Å². The molecule has 2 aromatic carbocycles. The van der Waals surface area contributed by atoms with Crippen molar-refractivity contribution in [1.82, 2.24) is 0 Å². The zero-order valence-electron chi connectivity index (χ0n) is 11.0. The first-order chi connectivity index (χ1) is 9.61. The molecule has 104 valence electrons. The van der Waals surface area contributed by atoms with Gasteiger partial charge in [0.25, 0.3) is 0 Å². The maximum Gasteiger partial charge on any atom is 0.170 e. The lowest BCUT2D eigenvalue weighted by molar-refractivity contribution is 0.303. The first-order valence-electron chi connectivity index (χ1n) is 6.06. The zero-order valence-corrected chi connectivity index (χ0v) is 11.0. The van der Waals surface area contributed by atoms with Gasteiger partial charge >= 0.3 is 0 Å². The summed E-state index contributed by atoms with van der Waals surface area (Å²) in [6, 6.07) is 11.8. The fourth-order valence-corrected chi connectivity index (χ4v) is 1.77. The monoisotopic (exact) mass is 274 g/mol. The van der Waals surface area contributed by atoms with Crippen molar-refractivity contribution in [3.63, 3.8) is 0 Å². The molecule has 0 aromatic heterocycles. The van der Waals surface area contributed by atoms with Crippen LogP contribution in [0, 0.1) is 12.7 Å². The summed E-state index contributed by atoms with van der Waals surface area (Å²) in [5, 5.41) is 11.7. The van der Waals surface area contributed by atoms with Crippen LogP contribution in [-0.2, 0) is 6.61 Å². The van der Waals surface area contributed by atoms with E-state index in [-0.39, 0.29) is 18.3 Å². The maximum absolute atomic E-state index is 13.4. The number of nitrogens with two attached hydrogens (primary N) is 1. The van der Waals surface area contributed by atoms with Gasteiger partial charge in [0.1, 0.15) is 18.2 Å². The molecular formula is C15H15FN2O2. The van der Waals surface area contributed by atoms with Crippen LogP contribution in [0.5, 0.6) is 5.75 Å². The SMILES string of the molecule is Cc1ccc(OCc2ccccc2/C(N)=N/O)cc1F. The largest absolute Gasteiger partial charge is 0.489 e. The van der Waals surface area contributed by atoms with E-state index in [4.69, 9.17) is 15.7 Å². The van der Waals surface area contributed by atoms with E-state index in [1.54, 1.807) is 37.3 Å². The summed E-state index contributed by atoms with van der Waals surface area (Å²) >= 11 is 0. The molecule has 4 nitrogen and oxygen atoms in total. The van der Waals surface area contributed by atoms with E-state index in [9.17, 15) is 4.39 Å². The van der Waals surface area contributed by atoms with Crippen molar-refractivity contribution in [1.29, 1.82) is 0 Å². The number of halogens is 1. The molecule has 0 aliphatic heterocycles. The molecule has 5 heteroatoms. The zero-order chi connectivity index (χ0) is 14.5. The van der Waals surface area contributed by atoms with Crippen molar-refractivity contribution in [2.45, 2.75) is 13.5 Å². The van der Waals surface area contributed by atoms with Crippen LogP contribution < -0.4 is 10.5 Å². The van der Waals surface area contributed by atoms with Gasteiger partial charge in [0.05, 0.1) is 0 Å². The Hall–Kier alpha value is -2.56. The predicted molar refractivity (Wildman–Crippen MR) is 74.4 cm³/mol. The number of rotatable bonds is 4. The van der Waals surface area contributed by atoms with E-state index in [1.807, 2.05) is 6.07 Å². The van der Waals surface area contributed by atoms with Crippen LogP contribution in [0.3, 0.4) is 0 Å². The maximum atomic E-state index is 13.4. The Bertz CT molecular complexity index is 642. The number of amidine groups is 1. The minimum Gasteiger partial charge on any atom is -0.489 e. The molecule has 0 aliphatic rings. The lowest BCUT2D eigenvalue weighted by Crippen LogP contribution is -2.16. The van der Waals surface area contributed by atoms with Crippen molar-refractivity contribution in [2.24, 2.45) is 10.9 Å². The van der Waals surface area contributed by atoms with Gasteiger partial charge in [0, 0.05) is 17.2 Å². The molecule has 2 aromatic rings. The number of nitrogens with zero attached hydrogens (tertiary/aromatic N) is 1. The number of ether oxygens (including phenoxy) is 1. The Morgan fingerprint density at radius 1 is 1.30 bits per heavy atom. The van der Waals surface area contributed by atoms with Crippen LogP contribution in [0.25, 0.3) is 0 Å². The Morgan fingerprint density at radius 3 is 2.75 bits per heavy atom. The van der Waals surface area contributed by atoms with Gasteiger partial charge in [-0.15, -0.1) is 0 Å². The third-order valence-corrected chi connectivity index (χ3v) is 2.94. The molecule has 2 rings (SSSR count). The lowest BCUT2D eigenvalue weighted by atomic mass is 10.1. The van der Waals surface area contributed by atoms with Crippen LogP contribution in [0.1, 0.15) is 16.7 Å². The van der Waals surface area contributed by atoms with Crippen LogP contribution >= 0.6 is 0 Å². The summed E-state index contributed by atoms with van der Waals surface area (Å²) in [6.45, 7) is 1.89. The number of hydrogen-bond donors (Lipinski definition) is 2. The van der Waals surface area contributed by atoms with Gasteiger partial charge in [-0.1, -0.05) is 35.5 Å². The summed E-state index contributed by atoms with van der Waals surface area (Å²) in [6.07, 6.45) is 0. The molecule has 0 unspecified atom stereocenters. The molecule has 0 amide bonds. The molecule has 0 heterocycles. The molecule has 0 fully saturated rings. The molecule has 0 radical (unpaired) electrons. The Kier molecular flexibility index (Phi) is 4.20. The van der Waals surface area contributed by atoms with Crippen molar-refractivity contribution in [3.05, 3.63) is 65.0 Å². The van der Waals surface area contributed by atoms with Gasteiger partial charge in [0.15, 0.2) is 5.84 Å². The first-order valence-corrected chi connectivity index (χ1v) is 6.06. The quantitative estimate of drug-likeness (QED) is 0.390. The van der Waals surface area contributed by atoms with Gasteiger partial charge in [0.2, 0.25) is 0 Å².